The monoisotopic (exact) mass is 357 g/mol. The second-order valence-corrected chi connectivity index (χ2v) is 6.36. The molecule has 0 amide bonds. The summed E-state index contributed by atoms with van der Waals surface area (Å²) in [5, 5.41) is 8.99. The van der Waals surface area contributed by atoms with Crippen LogP contribution in [0.2, 0.25) is 0 Å². The first-order chi connectivity index (χ1) is 12.0. The van der Waals surface area contributed by atoms with Crippen molar-refractivity contribution in [1.82, 2.24) is 0 Å². The molecule has 0 bridgehead atoms. The predicted octanol–water partition coefficient (Wildman–Crippen LogP) is 2.92. The zero-order valence-corrected chi connectivity index (χ0v) is 14.2. The second kappa shape index (κ2) is 8.13. The first-order valence-corrected chi connectivity index (χ1v) is 8.75. The van der Waals surface area contributed by atoms with Crippen molar-refractivity contribution in [3.8, 4) is 11.8 Å². The fourth-order valence-electron chi connectivity index (χ4n) is 1.89. The third kappa shape index (κ3) is 4.93. The second-order valence-electron chi connectivity index (χ2n) is 4.81. The average molecular weight is 357 g/mol. The fourth-order valence-corrected chi connectivity index (χ4v) is 2.85. The van der Waals surface area contributed by atoms with Crippen LogP contribution in [-0.4, -0.2) is 21.0 Å². The summed E-state index contributed by atoms with van der Waals surface area (Å²) in [6.45, 7) is 1.81. The lowest BCUT2D eigenvalue weighted by molar-refractivity contribution is -0.137. The van der Waals surface area contributed by atoms with Gasteiger partial charge in [0.1, 0.15) is 22.3 Å². The van der Waals surface area contributed by atoms with Gasteiger partial charge in [0.15, 0.2) is 0 Å². The van der Waals surface area contributed by atoms with Gasteiger partial charge in [-0.05, 0) is 42.8 Å². The summed E-state index contributed by atoms with van der Waals surface area (Å²) in [6.07, 6.45) is 1.35. The smallest absolute Gasteiger partial charge is 0.348 e. The topological polar surface area (TPSA) is 93.5 Å². The number of hydrogen-bond donors (Lipinski definition) is 0. The number of ether oxygens (including phenoxy) is 1. The normalized spacial score (nSPS) is 11.4. The van der Waals surface area contributed by atoms with Crippen LogP contribution in [0.5, 0.6) is 5.75 Å². The summed E-state index contributed by atoms with van der Waals surface area (Å²) in [5.41, 5.74) is 0.390. The summed E-state index contributed by atoms with van der Waals surface area (Å²) in [7, 11) is -3.92. The molecule has 0 aromatic heterocycles. The molecule has 0 heterocycles. The van der Waals surface area contributed by atoms with Gasteiger partial charge in [-0.2, -0.15) is 13.7 Å². The van der Waals surface area contributed by atoms with E-state index in [1.165, 1.54) is 42.5 Å². The summed E-state index contributed by atoms with van der Waals surface area (Å²) in [6, 6.07) is 15.5. The van der Waals surface area contributed by atoms with Crippen molar-refractivity contribution in [2.45, 2.75) is 11.8 Å². The highest BCUT2D eigenvalue weighted by Crippen LogP contribution is 2.20. The van der Waals surface area contributed by atoms with Crippen LogP contribution in [0, 0.1) is 11.3 Å². The molecule has 0 saturated heterocycles. The van der Waals surface area contributed by atoms with E-state index < -0.39 is 16.1 Å². The Kier molecular flexibility index (Phi) is 5.93. The number of carbonyl (C=O) groups is 1. The van der Waals surface area contributed by atoms with E-state index in [1.807, 2.05) is 0 Å². The summed E-state index contributed by atoms with van der Waals surface area (Å²) >= 11 is 0. The highest BCUT2D eigenvalue weighted by molar-refractivity contribution is 7.87. The van der Waals surface area contributed by atoms with Crippen molar-refractivity contribution in [1.29, 1.82) is 5.26 Å². The molecule has 0 unspecified atom stereocenters. The van der Waals surface area contributed by atoms with Crippen LogP contribution in [0.15, 0.2) is 65.1 Å². The number of carbonyl (C=O) groups excluding carboxylic acids is 1. The first kappa shape index (κ1) is 18.2. The molecular weight excluding hydrogens is 342 g/mol. The van der Waals surface area contributed by atoms with E-state index in [0.29, 0.717) is 5.56 Å². The summed E-state index contributed by atoms with van der Waals surface area (Å²) < 4.78 is 34.1. The maximum absolute atomic E-state index is 12.1. The maximum Gasteiger partial charge on any atom is 0.348 e. The zero-order valence-electron chi connectivity index (χ0n) is 13.4. The molecule has 0 aliphatic carbocycles. The van der Waals surface area contributed by atoms with E-state index >= 15 is 0 Å². The van der Waals surface area contributed by atoms with Crippen LogP contribution >= 0.6 is 0 Å². The molecule has 25 heavy (non-hydrogen) atoms. The largest absolute Gasteiger partial charge is 0.462 e. The molecule has 2 aromatic carbocycles. The predicted molar refractivity (Wildman–Crippen MR) is 90.9 cm³/mol. The molecule has 0 aliphatic heterocycles. The third-order valence-corrected chi connectivity index (χ3v) is 4.31. The van der Waals surface area contributed by atoms with E-state index in [-0.39, 0.29) is 22.8 Å². The summed E-state index contributed by atoms with van der Waals surface area (Å²) in [4.78, 5) is 11.6. The lowest BCUT2D eigenvalue weighted by atomic mass is 10.1. The molecule has 0 spiro atoms. The molecule has 2 rings (SSSR count). The molecule has 7 heteroatoms. The summed E-state index contributed by atoms with van der Waals surface area (Å²) in [5.74, 6) is -0.590. The van der Waals surface area contributed by atoms with E-state index in [0.717, 1.165) is 0 Å². The Balaban J connectivity index is 2.18. The standard InChI is InChI=1S/C18H15NO5S/c1-2-23-18(20)15(13-19)12-14-8-10-16(11-9-14)24-25(21,22)17-6-4-3-5-7-17/h3-12H,2H2,1H3. The number of nitrogens with zero attached hydrogens (tertiary/aromatic N) is 1. The zero-order chi connectivity index (χ0) is 18.3. The van der Waals surface area contributed by atoms with Gasteiger partial charge in [-0.1, -0.05) is 30.3 Å². The van der Waals surface area contributed by atoms with Crippen LogP contribution in [0.1, 0.15) is 12.5 Å². The van der Waals surface area contributed by atoms with Gasteiger partial charge < -0.3 is 8.92 Å². The number of hydrogen-bond acceptors (Lipinski definition) is 6. The van der Waals surface area contributed by atoms with E-state index in [2.05, 4.69) is 0 Å². The maximum atomic E-state index is 12.1. The van der Waals surface area contributed by atoms with Crippen molar-refractivity contribution >= 4 is 22.2 Å². The van der Waals surface area contributed by atoms with Crippen LogP contribution in [0.25, 0.3) is 6.08 Å². The lowest BCUT2D eigenvalue weighted by Crippen LogP contribution is -2.09. The SMILES string of the molecule is CCOC(=O)C(C#N)=Cc1ccc(OS(=O)(=O)c2ccccc2)cc1. The van der Waals surface area contributed by atoms with Crippen LogP contribution in [-0.2, 0) is 19.6 Å². The van der Waals surface area contributed by atoms with Crippen molar-refractivity contribution in [3.63, 3.8) is 0 Å². The Morgan fingerprint density at radius 3 is 2.32 bits per heavy atom. The van der Waals surface area contributed by atoms with Gasteiger partial charge in [0.2, 0.25) is 0 Å². The minimum Gasteiger partial charge on any atom is -0.462 e. The van der Waals surface area contributed by atoms with Crippen LogP contribution < -0.4 is 4.18 Å². The number of nitriles is 1. The van der Waals surface area contributed by atoms with Gasteiger partial charge in [-0.15, -0.1) is 0 Å². The molecule has 0 aliphatic rings. The third-order valence-electron chi connectivity index (χ3n) is 3.04. The Hall–Kier alpha value is -3.11. The van der Waals surface area contributed by atoms with Gasteiger partial charge in [-0.25, -0.2) is 4.79 Å². The molecule has 128 valence electrons. The van der Waals surface area contributed by atoms with Gasteiger partial charge in [0.25, 0.3) is 0 Å². The van der Waals surface area contributed by atoms with E-state index in [9.17, 15) is 13.2 Å². The van der Waals surface area contributed by atoms with Crippen molar-refractivity contribution in [3.05, 3.63) is 65.7 Å². The lowest BCUT2D eigenvalue weighted by Gasteiger charge is -2.07. The van der Waals surface area contributed by atoms with Gasteiger partial charge in [-0.3, -0.25) is 0 Å². The highest BCUT2D eigenvalue weighted by Gasteiger charge is 2.16. The van der Waals surface area contributed by atoms with Crippen LogP contribution in [0.3, 0.4) is 0 Å². The molecule has 0 radical (unpaired) electrons. The average Bonchev–Trinajstić information content (AvgIpc) is 2.61. The van der Waals surface area contributed by atoms with Crippen molar-refractivity contribution in [2.24, 2.45) is 0 Å². The molecule has 6 nitrogen and oxygen atoms in total. The van der Waals surface area contributed by atoms with E-state index in [1.54, 1.807) is 31.2 Å². The number of benzene rings is 2. The van der Waals surface area contributed by atoms with Crippen molar-refractivity contribution < 1.29 is 22.1 Å². The Morgan fingerprint density at radius 2 is 1.76 bits per heavy atom. The van der Waals surface area contributed by atoms with Crippen LogP contribution in [0.4, 0.5) is 0 Å². The molecule has 2 aromatic rings. The fraction of sp³-hybridized carbons (Fsp3) is 0.111. The van der Waals surface area contributed by atoms with Gasteiger partial charge >= 0.3 is 16.1 Å². The highest BCUT2D eigenvalue weighted by atomic mass is 32.2. The number of esters is 1. The van der Waals surface area contributed by atoms with Gasteiger partial charge in [0.05, 0.1) is 6.61 Å². The Bertz CT molecular complexity index is 910. The molecule has 0 saturated carbocycles. The quantitative estimate of drug-likeness (QED) is 0.341. The molecule has 0 N–H and O–H groups in total. The number of rotatable bonds is 6. The Labute approximate surface area is 146 Å². The molecule has 0 atom stereocenters. The minimum atomic E-state index is -3.92. The molecule has 0 fully saturated rings. The first-order valence-electron chi connectivity index (χ1n) is 7.35. The van der Waals surface area contributed by atoms with E-state index in [4.69, 9.17) is 14.2 Å². The van der Waals surface area contributed by atoms with Crippen molar-refractivity contribution in [2.75, 3.05) is 6.61 Å². The van der Waals surface area contributed by atoms with Gasteiger partial charge in [0, 0.05) is 0 Å². The Morgan fingerprint density at radius 1 is 1.12 bits per heavy atom. The molecular formula is C18H15NO5S. The minimum absolute atomic E-state index is 0.0491.